The van der Waals surface area contributed by atoms with Crippen LogP contribution in [0.15, 0.2) is 12.2 Å². The monoisotopic (exact) mass is 155 g/mol. The van der Waals surface area contributed by atoms with E-state index in [4.69, 9.17) is 5.11 Å². The van der Waals surface area contributed by atoms with E-state index < -0.39 is 6.10 Å². The van der Waals surface area contributed by atoms with Crippen molar-refractivity contribution in [2.45, 2.75) is 31.9 Å². The van der Waals surface area contributed by atoms with Gasteiger partial charge in [0.2, 0.25) is 5.91 Å². The quantitative estimate of drug-likeness (QED) is 0.560. The van der Waals surface area contributed by atoms with E-state index in [0.29, 0.717) is 0 Å². The molecule has 0 aromatic carbocycles. The molecule has 0 aromatic rings. The Kier molecular flexibility index (Phi) is 2.65. The molecule has 1 aliphatic carbocycles. The Hall–Kier alpha value is -0.830. The van der Waals surface area contributed by atoms with Crippen LogP contribution >= 0.6 is 0 Å². The number of hydrogen-bond acceptors (Lipinski definition) is 2. The SMILES string of the molecule is C[C@@H](O)C(=O)NC1CC=CC1. The van der Waals surface area contributed by atoms with Gasteiger partial charge >= 0.3 is 0 Å². The molecule has 0 unspecified atom stereocenters. The Morgan fingerprint density at radius 2 is 2.18 bits per heavy atom. The van der Waals surface area contributed by atoms with E-state index in [1.54, 1.807) is 0 Å². The van der Waals surface area contributed by atoms with E-state index in [9.17, 15) is 4.79 Å². The molecule has 1 aliphatic rings. The maximum Gasteiger partial charge on any atom is 0.248 e. The summed E-state index contributed by atoms with van der Waals surface area (Å²) in [4.78, 5) is 10.9. The standard InChI is InChI=1S/C8H13NO2/c1-6(10)8(11)9-7-4-2-3-5-7/h2-3,6-7,10H,4-5H2,1H3,(H,9,11)/t6-/m1/s1. The number of carbonyl (C=O) groups is 1. The lowest BCUT2D eigenvalue weighted by molar-refractivity contribution is -0.129. The summed E-state index contributed by atoms with van der Waals surface area (Å²) in [5, 5.41) is 11.6. The fourth-order valence-electron chi connectivity index (χ4n) is 1.06. The van der Waals surface area contributed by atoms with Gasteiger partial charge in [-0.05, 0) is 19.8 Å². The van der Waals surface area contributed by atoms with Gasteiger partial charge in [-0.1, -0.05) is 12.2 Å². The van der Waals surface area contributed by atoms with Crippen molar-refractivity contribution < 1.29 is 9.90 Å². The molecule has 0 fully saturated rings. The van der Waals surface area contributed by atoms with Gasteiger partial charge in [0.05, 0.1) is 0 Å². The minimum Gasteiger partial charge on any atom is -0.384 e. The highest BCUT2D eigenvalue weighted by atomic mass is 16.3. The van der Waals surface area contributed by atoms with Crippen molar-refractivity contribution in [3.8, 4) is 0 Å². The van der Waals surface area contributed by atoms with Gasteiger partial charge in [0, 0.05) is 6.04 Å². The van der Waals surface area contributed by atoms with Crippen LogP contribution in [-0.4, -0.2) is 23.2 Å². The van der Waals surface area contributed by atoms with Crippen LogP contribution < -0.4 is 5.32 Å². The van der Waals surface area contributed by atoms with Gasteiger partial charge < -0.3 is 10.4 Å². The van der Waals surface area contributed by atoms with Crippen LogP contribution in [0.25, 0.3) is 0 Å². The van der Waals surface area contributed by atoms with Crippen molar-refractivity contribution in [1.82, 2.24) is 5.32 Å². The number of rotatable bonds is 2. The summed E-state index contributed by atoms with van der Waals surface area (Å²) < 4.78 is 0. The van der Waals surface area contributed by atoms with Crippen LogP contribution in [0.1, 0.15) is 19.8 Å². The molecule has 62 valence electrons. The molecule has 2 N–H and O–H groups in total. The third-order valence-electron chi connectivity index (χ3n) is 1.73. The lowest BCUT2D eigenvalue weighted by Crippen LogP contribution is -2.38. The summed E-state index contributed by atoms with van der Waals surface area (Å²) in [6.07, 6.45) is 4.95. The molecule has 0 aromatic heterocycles. The van der Waals surface area contributed by atoms with Crippen LogP contribution in [0.3, 0.4) is 0 Å². The Morgan fingerprint density at radius 1 is 1.64 bits per heavy atom. The first kappa shape index (κ1) is 8.27. The van der Waals surface area contributed by atoms with Crippen molar-refractivity contribution in [3.63, 3.8) is 0 Å². The molecule has 3 nitrogen and oxygen atoms in total. The van der Waals surface area contributed by atoms with Crippen LogP contribution in [0, 0.1) is 0 Å². The third kappa shape index (κ3) is 2.35. The van der Waals surface area contributed by atoms with Crippen molar-refractivity contribution in [1.29, 1.82) is 0 Å². The maximum absolute atomic E-state index is 10.9. The highest BCUT2D eigenvalue weighted by Gasteiger charge is 2.15. The molecule has 0 radical (unpaired) electrons. The molecule has 0 heterocycles. The lowest BCUT2D eigenvalue weighted by atomic mass is 10.2. The highest BCUT2D eigenvalue weighted by Crippen LogP contribution is 2.08. The lowest BCUT2D eigenvalue weighted by Gasteiger charge is -2.12. The minimum absolute atomic E-state index is 0.206. The minimum atomic E-state index is -0.893. The molecule has 0 spiro atoms. The zero-order chi connectivity index (χ0) is 8.27. The largest absolute Gasteiger partial charge is 0.384 e. The van der Waals surface area contributed by atoms with Crippen LogP contribution in [-0.2, 0) is 4.79 Å². The number of hydrogen-bond donors (Lipinski definition) is 2. The normalized spacial score (nSPS) is 20.2. The van der Waals surface area contributed by atoms with E-state index in [0.717, 1.165) is 12.8 Å². The summed E-state index contributed by atoms with van der Waals surface area (Å²) in [7, 11) is 0. The molecular formula is C8H13NO2. The second kappa shape index (κ2) is 3.53. The first-order chi connectivity index (χ1) is 5.20. The summed E-state index contributed by atoms with van der Waals surface area (Å²) in [5.74, 6) is -0.279. The van der Waals surface area contributed by atoms with Gasteiger partial charge in [-0.15, -0.1) is 0 Å². The second-order valence-corrected chi connectivity index (χ2v) is 2.82. The Morgan fingerprint density at radius 3 is 2.64 bits per heavy atom. The molecule has 0 aliphatic heterocycles. The Bertz CT molecular complexity index is 167. The first-order valence-electron chi connectivity index (χ1n) is 3.83. The van der Waals surface area contributed by atoms with E-state index in [1.165, 1.54) is 6.92 Å². The maximum atomic E-state index is 10.9. The molecule has 11 heavy (non-hydrogen) atoms. The second-order valence-electron chi connectivity index (χ2n) is 2.82. The first-order valence-corrected chi connectivity index (χ1v) is 3.83. The fourth-order valence-corrected chi connectivity index (χ4v) is 1.06. The molecule has 1 amide bonds. The molecule has 3 heteroatoms. The van der Waals surface area contributed by atoms with Gasteiger partial charge in [0.1, 0.15) is 6.10 Å². The molecule has 1 atom stereocenters. The molecular weight excluding hydrogens is 142 g/mol. The topological polar surface area (TPSA) is 49.3 Å². The van der Waals surface area contributed by atoms with Crippen molar-refractivity contribution in [3.05, 3.63) is 12.2 Å². The van der Waals surface area contributed by atoms with Crippen LogP contribution in [0.2, 0.25) is 0 Å². The average molecular weight is 155 g/mol. The molecule has 0 saturated carbocycles. The summed E-state index contributed by atoms with van der Waals surface area (Å²) in [6.45, 7) is 1.47. The fraction of sp³-hybridized carbons (Fsp3) is 0.625. The van der Waals surface area contributed by atoms with Crippen molar-refractivity contribution in [2.75, 3.05) is 0 Å². The smallest absolute Gasteiger partial charge is 0.248 e. The van der Waals surface area contributed by atoms with Gasteiger partial charge in [0.15, 0.2) is 0 Å². The Balaban J connectivity index is 2.25. The number of aliphatic hydroxyl groups excluding tert-OH is 1. The van der Waals surface area contributed by atoms with E-state index >= 15 is 0 Å². The average Bonchev–Trinajstić information content (AvgIpc) is 2.39. The zero-order valence-corrected chi connectivity index (χ0v) is 6.58. The highest BCUT2D eigenvalue weighted by molar-refractivity contribution is 5.80. The molecule has 1 rings (SSSR count). The summed E-state index contributed by atoms with van der Waals surface area (Å²) >= 11 is 0. The molecule has 0 bridgehead atoms. The van der Waals surface area contributed by atoms with Crippen LogP contribution in [0.4, 0.5) is 0 Å². The number of nitrogens with one attached hydrogen (secondary N) is 1. The summed E-state index contributed by atoms with van der Waals surface area (Å²) in [5.41, 5.74) is 0. The number of aliphatic hydroxyl groups is 1. The van der Waals surface area contributed by atoms with E-state index in [1.807, 2.05) is 12.2 Å². The van der Waals surface area contributed by atoms with Crippen LogP contribution in [0.5, 0.6) is 0 Å². The predicted octanol–water partition coefficient (Wildman–Crippen LogP) is 0.202. The summed E-state index contributed by atoms with van der Waals surface area (Å²) in [6, 6.07) is 0.206. The Labute approximate surface area is 66.1 Å². The number of amides is 1. The van der Waals surface area contributed by atoms with Gasteiger partial charge in [-0.2, -0.15) is 0 Å². The van der Waals surface area contributed by atoms with Gasteiger partial charge in [-0.3, -0.25) is 4.79 Å². The van der Waals surface area contributed by atoms with E-state index in [-0.39, 0.29) is 11.9 Å². The molecule has 0 saturated heterocycles. The third-order valence-corrected chi connectivity index (χ3v) is 1.73. The number of carbonyl (C=O) groups excluding carboxylic acids is 1. The zero-order valence-electron chi connectivity index (χ0n) is 6.58. The van der Waals surface area contributed by atoms with E-state index in [2.05, 4.69) is 5.32 Å². The van der Waals surface area contributed by atoms with Gasteiger partial charge in [-0.25, -0.2) is 0 Å². The van der Waals surface area contributed by atoms with Crippen molar-refractivity contribution in [2.24, 2.45) is 0 Å². The van der Waals surface area contributed by atoms with Gasteiger partial charge in [0.25, 0.3) is 0 Å². The van der Waals surface area contributed by atoms with Crippen molar-refractivity contribution >= 4 is 5.91 Å². The predicted molar refractivity (Wildman–Crippen MR) is 42.0 cm³/mol.